The summed E-state index contributed by atoms with van der Waals surface area (Å²) >= 11 is 0. The minimum atomic E-state index is 0.860. The van der Waals surface area contributed by atoms with Crippen molar-refractivity contribution in [3.63, 3.8) is 0 Å². The molecule has 0 amide bonds. The van der Waals surface area contributed by atoms with E-state index in [1.165, 1.54) is 38.2 Å². The predicted octanol–water partition coefficient (Wildman–Crippen LogP) is 2.38. The zero-order chi connectivity index (χ0) is 13.1. The highest BCUT2D eigenvalue weighted by molar-refractivity contribution is 5.71. The average Bonchev–Trinajstić information content (AvgIpc) is 2.83. The Bertz CT molecular complexity index is 540. The van der Waals surface area contributed by atoms with E-state index in [0.29, 0.717) is 0 Å². The number of aromatic nitrogens is 3. The Balaban J connectivity index is 1.76. The summed E-state index contributed by atoms with van der Waals surface area (Å²) in [5, 5.41) is 3.43. The lowest BCUT2D eigenvalue weighted by Crippen LogP contribution is -2.28. The van der Waals surface area contributed by atoms with Gasteiger partial charge in [0.25, 0.3) is 0 Å². The molecule has 0 atom stereocenters. The van der Waals surface area contributed by atoms with Gasteiger partial charge in [0.15, 0.2) is 5.65 Å². The van der Waals surface area contributed by atoms with Gasteiger partial charge in [-0.25, -0.2) is 9.97 Å². The Kier molecular flexibility index (Phi) is 3.78. The first kappa shape index (κ1) is 12.6. The first-order valence-corrected chi connectivity index (χ1v) is 7.39. The van der Waals surface area contributed by atoms with Crippen LogP contribution in [0.2, 0.25) is 0 Å². The number of hydrogen-bond acceptors (Lipinski definition) is 3. The predicted molar refractivity (Wildman–Crippen MR) is 77.1 cm³/mol. The second kappa shape index (κ2) is 5.70. The van der Waals surface area contributed by atoms with Gasteiger partial charge in [0.2, 0.25) is 0 Å². The molecule has 2 aromatic heterocycles. The highest BCUT2D eigenvalue weighted by Crippen LogP contribution is 2.20. The highest BCUT2D eigenvalue weighted by Gasteiger charge is 2.15. The lowest BCUT2D eigenvalue weighted by Gasteiger charge is -2.22. The quantitative estimate of drug-likeness (QED) is 0.915. The van der Waals surface area contributed by atoms with Crippen LogP contribution in [0, 0.1) is 5.92 Å². The molecule has 0 aliphatic carbocycles. The van der Waals surface area contributed by atoms with Crippen LogP contribution in [0.15, 0.2) is 18.3 Å². The van der Waals surface area contributed by atoms with E-state index in [4.69, 9.17) is 4.98 Å². The molecule has 0 radical (unpaired) electrons. The maximum Gasteiger partial charge on any atom is 0.159 e. The number of rotatable bonds is 4. The molecule has 102 valence electrons. The Morgan fingerprint density at radius 2 is 2.21 bits per heavy atom. The number of imidazole rings is 1. The lowest BCUT2D eigenvalue weighted by atomic mass is 9.93. The van der Waals surface area contributed by atoms with Crippen molar-refractivity contribution in [1.29, 1.82) is 0 Å². The fraction of sp³-hybridized carbons (Fsp3) is 0.600. The van der Waals surface area contributed by atoms with Crippen LogP contribution < -0.4 is 5.32 Å². The van der Waals surface area contributed by atoms with Crippen LogP contribution in [0.4, 0.5) is 0 Å². The summed E-state index contributed by atoms with van der Waals surface area (Å²) in [5.41, 5.74) is 2.06. The number of fused-ring (bicyclic) bond motifs is 1. The van der Waals surface area contributed by atoms with Crippen LogP contribution in [0.3, 0.4) is 0 Å². The van der Waals surface area contributed by atoms with E-state index < -0.39 is 0 Å². The van der Waals surface area contributed by atoms with Crippen molar-refractivity contribution in [2.24, 2.45) is 5.92 Å². The van der Waals surface area contributed by atoms with Gasteiger partial charge in [-0.1, -0.05) is 0 Å². The minimum absolute atomic E-state index is 0.860. The molecule has 0 bridgehead atoms. The van der Waals surface area contributed by atoms with Crippen molar-refractivity contribution in [1.82, 2.24) is 19.9 Å². The van der Waals surface area contributed by atoms with Crippen molar-refractivity contribution in [2.75, 3.05) is 13.1 Å². The second-order valence-corrected chi connectivity index (χ2v) is 5.35. The Labute approximate surface area is 114 Å². The van der Waals surface area contributed by atoms with Gasteiger partial charge >= 0.3 is 0 Å². The van der Waals surface area contributed by atoms with E-state index in [-0.39, 0.29) is 0 Å². The number of piperidine rings is 1. The zero-order valence-corrected chi connectivity index (χ0v) is 11.6. The van der Waals surface area contributed by atoms with Crippen molar-refractivity contribution < 1.29 is 0 Å². The molecule has 0 spiro atoms. The summed E-state index contributed by atoms with van der Waals surface area (Å²) in [4.78, 5) is 9.21. The molecule has 1 fully saturated rings. The van der Waals surface area contributed by atoms with Crippen molar-refractivity contribution in [2.45, 2.75) is 39.2 Å². The summed E-state index contributed by atoms with van der Waals surface area (Å²) in [7, 11) is 0. The second-order valence-electron chi connectivity index (χ2n) is 5.35. The van der Waals surface area contributed by atoms with Crippen LogP contribution in [-0.2, 0) is 13.0 Å². The maximum absolute atomic E-state index is 4.75. The van der Waals surface area contributed by atoms with Crippen molar-refractivity contribution in [3.05, 3.63) is 24.2 Å². The van der Waals surface area contributed by atoms with Gasteiger partial charge in [0, 0.05) is 19.2 Å². The van der Waals surface area contributed by atoms with E-state index in [1.807, 2.05) is 12.3 Å². The standard InChI is InChI=1S/C15H22N4/c1-2-19-14(6-5-12-7-10-16-11-8-12)18-13-4-3-9-17-15(13)19/h3-4,9,12,16H,2,5-8,10-11H2,1H3. The van der Waals surface area contributed by atoms with Gasteiger partial charge in [0.1, 0.15) is 11.3 Å². The first-order valence-electron chi connectivity index (χ1n) is 7.39. The van der Waals surface area contributed by atoms with Crippen LogP contribution in [0.5, 0.6) is 0 Å². The average molecular weight is 258 g/mol. The van der Waals surface area contributed by atoms with Gasteiger partial charge < -0.3 is 9.88 Å². The molecule has 0 saturated carbocycles. The molecule has 1 aliphatic rings. The summed E-state index contributed by atoms with van der Waals surface area (Å²) in [5.74, 6) is 2.06. The SMILES string of the molecule is CCn1c(CCC2CCNCC2)nc2cccnc21. The van der Waals surface area contributed by atoms with Crippen molar-refractivity contribution >= 4 is 11.2 Å². The molecular formula is C15H22N4. The zero-order valence-electron chi connectivity index (χ0n) is 11.6. The largest absolute Gasteiger partial charge is 0.317 e. The van der Waals surface area contributed by atoms with E-state index in [0.717, 1.165) is 30.0 Å². The highest BCUT2D eigenvalue weighted by atomic mass is 15.1. The smallest absolute Gasteiger partial charge is 0.159 e. The molecule has 4 heteroatoms. The molecule has 2 aromatic rings. The topological polar surface area (TPSA) is 42.7 Å². The number of hydrogen-bond donors (Lipinski definition) is 1. The monoisotopic (exact) mass is 258 g/mol. The molecule has 19 heavy (non-hydrogen) atoms. The minimum Gasteiger partial charge on any atom is -0.317 e. The molecule has 4 nitrogen and oxygen atoms in total. The Morgan fingerprint density at radius 1 is 1.37 bits per heavy atom. The summed E-state index contributed by atoms with van der Waals surface area (Å²) in [6.07, 6.45) is 6.81. The van der Waals surface area contributed by atoms with Crippen LogP contribution >= 0.6 is 0 Å². The van der Waals surface area contributed by atoms with E-state index >= 15 is 0 Å². The molecule has 1 saturated heterocycles. The Morgan fingerprint density at radius 3 is 3.00 bits per heavy atom. The summed E-state index contributed by atoms with van der Waals surface area (Å²) in [6, 6.07) is 4.02. The summed E-state index contributed by atoms with van der Waals surface area (Å²) < 4.78 is 2.26. The molecule has 1 aliphatic heterocycles. The third kappa shape index (κ3) is 2.63. The molecule has 3 heterocycles. The number of nitrogens with one attached hydrogen (secondary N) is 1. The lowest BCUT2D eigenvalue weighted by molar-refractivity contribution is 0.351. The van der Waals surface area contributed by atoms with E-state index in [1.54, 1.807) is 0 Å². The van der Waals surface area contributed by atoms with Gasteiger partial charge in [-0.05, 0) is 57.3 Å². The maximum atomic E-state index is 4.75. The van der Waals surface area contributed by atoms with Crippen molar-refractivity contribution in [3.8, 4) is 0 Å². The molecule has 0 aromatic carbocycles. The first-order chi connectivity index (χ1) is 9.38. The number of pyridine rings is 1. The van der Waals surface area contributed by atoms with Crippen LogP contribution in [0.25, 0.3) is 11.2 Å². The fourth-order valence-corrected chi connectivity index (χ4v) is 3.03. The van der Waals surface area contributed by atoms with Gasteiger partial charge in [-0.3, -0.25) is 0 Å². The molecule has 1 N–H and O–H groups in total. The van der Waals surface area contributed by atoms with Crippen LogP contribution in [0.1, 0.15) is 32.0 Å². The molecule has 3 rings (SSSR count). The Hall–Kier alpha value is -1.42. The third-order valence-corrected chi connectivity index (χ3v) is 4.13. The molecule has 0 unspecified atom stereocenters. The van der Waals surface area contributed by atoms with E-state index in [2.05, 4.69) is 27.9 Å². The van der Waals surface area contributed by atoms with Gasteiger partial charge in [0.05, 0.1) is 0 Å². The number of aryl methyl sites for hydroxylation is 2. The third-order valence-electron chi connectivity index (χ3n) is 4.13. The van der Waals surface area contributed by atoms with E-state index in [9.17, 15) is 0 Å². The van der Waals surface area contributed by atoms with Crippen LogP contribution in [-0.4, -0.2) is 27.6 Å². The molecular weight excluding hydrogens is 236 g/mol. The van der Waals surface area contributed by atoms with Gasteiger partial charge in [-0.15, -0.1) is 0 Å². The normalized spacial score (nSPS) is 17.1. The summed E-state index contributed by atoms with van der Waals surface area (Å²) in [6.45, 7) is 5.48. The van der Waals surface area contributed by atoms with Gasteiger partial charge in [-0.2, -0.15) is 0 Å². The fourth-order valence-electron chi connectivity index (χ4n) is 3.03. The number of nitrogens with zero attached hydrogens (tertiary/aromatic N) is 3.